The normalized spacial score (nSPS) is 15.4. The van der Waals surface area contributed by atoms with Crippen LogP contribution in [0.2, 0.25) is 0 Å². The largest absolute Gasteiger partial charge is 0.422 e. The molecule has 0 aliphatic carbocycles. The summed E-state index contributed by atoms with van der Waals surface area (Å²) in [7, 11) is 0. The third-order valence-corrected chi connectivity index (χ3v) is 14.0. The average molecular weight is 821 g/mol. The van der Waals surface area contributed by atoms with Crippen LogP contribution in [0.5, 0.6) is 0 Å². The summed E-state index contributed by atoms with van der Waals surface area (Å²) < 4.78 is 12.5. The van der Waals surface area contributed by atoms with E-state index in [0.29, 0.717) is 22.3 Å². The second-order valence-electron chi connectivity index (χ2n) is 18.8. The molecule has 12 rings (SSSR count). The van der Waals surface area contributed by atoms with Crippen molar-refractivity contribution in [3.8, 4) is 44.8 Å². The smallest absolute Gasteiger partial charge is 0.344 e. The Hall–Kier alpha value is -7.31. The zero-order valence-electron chi connectivity index (χ0n) is 35.7. The summed E-state index contributed by atoms with van der Waals surface area (Å²) in [5, 5.41) is 8.09. The van der Waals surface area contributed by atoms with Gasteiger partial charge in [0.15, 0.2) is 0 Å². The second kappa shape index (κ2) is 13.6. The van der Waals surface area contributed by atoms with Gasteiger partial charge in [0.25, 0.3) is 0 Å². The van der Waals surface area contributed by atoms with Gasteiger partial charge in [-0.15, -0.1) is 0 Å². The lowest BCUT2D eigenvalue weighted by Crippen LogP contribution is -2.44. The highest BCUT2D eigenvalue weighted by atomic mass is 16.4. The van der Waals surface area contributed by atoms with Crippen LogP contribution < -0.4 is 16.2 Å². The molecule has 0 spiro atoms. The van der Waals surface area contributed by atoms with Gasteiger partial charge in [-0.3, -0.25) is 0 Å². The number of fused-ring (bicyclic) bond motifs is 9. The second-order valence-corrected chi connectivity index (χ2v) is 18.8. The van der Waals surface area contributed by atoms with Gasteiger partial charge >= 0.3 is 11.3 Å². The van der Waals surface area contributed by atoms with Gasteiger partial charge in [-0.2, -0.15) is 0 Å². The Bertz CT molecular complexity index is 3700. The zero-order chi connectivity index (χ0) is 42.8. The number of pyridine rings is 1. The van der Waals surface area contributed by atoms with Crippen molar-refractivity contribution in [2.45, 2.75) is 51.4 Å². The van der Waals surface area contributed by atoms with Crippen molar-refractivity contribution in [3.63, 3.8) is 0 Å². The minimum absolute atomic E-state index is 0.0195. The van der Waals surface area contributed by atoms with Crippen molar-refractivity contribution in [1.29, 1.82) is 0 Å². The molecule has 0 unspecified atom stereocenters. The summed E-state index contributed by atoms with van der Waals surface area (Å²) in [6, 6.07) is 49.2. The highest BCUT2D eigenvalue weighted by Crippen LogP contribution is 2.52. The van der Waals surface area contributed by atoms with E-state index < -0.39 is 0 Å². The van der Waals surface area contributed by atoms with Crippen molar-refractivity contribution in [2.75, 3.05) is 18.0 Å². The molecular weight excluding hydrogens is 777 g/mol. The maximum atomic E-state index is 13.9. The highest BCUT2D eigenvalue weighted by molar-refractivity contribution is 6.24. The summed E-state index contributed by atoms with van der Waals surface area (Å²) in [5.41, 5.74) is 10.5. The standard InChI is InChI=1S/C57H44N2O4/c1-56(2)23-25-59-26-24-57(3,4)50-51(59)47(56)31-39-30-44(54(60)62-52(39)50)35-11-9-12-37(29-35)48-17-10-18-49(58-48)38-22-20-33-27-36(21-19-34(33)28-38)45-32-46-42-15-6-5-13-40(42)41-14-7-8-16-43(41)53(46)63-55(45)61/h5-22,27-32H,23-26H2,1-4H3. The van der Waals surface area contributed by atoms with Gasteiger partial charge in [-0.25, -0.2) is 14.6 Å². The van der Waals surface area contributed by atoms with Crippen LogP contribution in [0.3, 0.4) is 0 Å². The first kappa shape index (κ1) is 37.5. The summed E-state index contributed by atoms with van der Waals surface area (Å²) in [5.74, 6) is 0. The lowest BCUT2D eigenvalue weighted by Gasteiger charge is -2.48. The Labute approximate surface area is 364 Å². The van der Waals surface area contributed by atoms with Crippen LogP contribution in [-0.2, 0) is 10.8 Å². The number of nitrogens with zero attached hydrogens (tertiary/aromatic N) is 2. The lowest BCUT2D eigenvalue weighted by atomic mass is 9.69. The van der Waals surface area contributed by atoms with E-state index in [9.17, 15) is 9.59 Å². The molecule has 2 aliphatic rings. The molecule has 10 aromatic rings. The molecule has 0 saturated heterocycles. The summed E-state index contributed by atoms with van der Waals surface area (Å²) in [4.78, 5) is 35.2. The van der Waals surface area contributed by atoms with Crippen LogP contribution in [0.4, 0.5) is 5.69 Å². The Kier molecular flexibility index (Phi) is 8.08. The maximum Gasteiger partial charge on any atom is 0.344 e. The zero-order valence-corrected chi connectivity index (χ0v) is 35.7. The number of hydrogen-bond donors (Lipinski definition) is 0. The molecule has 0 atom stereocenters. The van der Waals surface area contributed by atoms with E-state index in [1.807, 2.05) is 91.0 Å². The van der Waals surface area contributed by atoms with Gasteiger partial charge in [-0.1, -0.05) is 125 Å². The number of benzene rings is 7. The fraction of sp³-hybridized carbons (Fsp3) is 0.175. The van der Waals surface area contributed by atoms with Crippen LogP contribution in [0.1, 0.15) is 51.7 Å². The van der Waals surface area contributed by atoms with E-state index in [1.165, 1.54) is 16.8 Å². The predicted octanol–water partition coefficient (Wildman–Crippen LogP) is 13.6. The highest BCUT2D eigenvalue weighted by Gasteiger charge is 2.42. The summed E-state index contributed by atoms with van der Waals surface area (Å²) in [6.45, 7) is 11.3. The van der Waals surface area contributed by atoms with Crippen molar-refractivity contribution >= 4 is 59.9 Å². The van der Waals surface area contributed by atoms with Gasteiger partial charge in [0.1, 0.15) is 11.2 Å². The Morgan fingerprint density at radius 2 is 1.02 bits per heavy atom. The molecule has 3 aromatic heterocycles. The molecular formula is C57H44N2O4. The molecule has 7 aromatic carbocycles. The third kappa shape index (κ3) is 5.88. The average Bonchev–Trinajstić information content (AvgIpc) is 3.30. The number of rotatable bonds is 4. The first-order valence-corrected chi connectivity index (χ1v) is 21.9. The number of anilines is 1. The monoisotopic (exact) mass is 820 g/mol. The van der Waals surface area contributed by atoms with Crippen LogP contribution in [0.25, 0.3) is 99.0 Å². The van der Waals surface area contributed by atoms with Crippen LogP contribution in [0.15, 0.2) is 164 Å². The quantitative estimate of drug-likeness (QED) is 0.130. The maximum absolute atomic E-state index is 13.9. The van der Waals surface area contributed by atoms with E-state index in [4.69, 9.17) is 13.8 Å². The van der Waals surface area contributed by atoms with Gasteiger partial charge in [-0.05, 0) is 116 Å². The molecule has 63 heavy (non-hydrogen) atoms. The molecule has 0 bridgehead atoms. The van der Waals surface area contributed by atoms with E-state index >= 15 is 0 Å². The fourth-order valence-corrected chi connectivity index (χ4v) is 10.5. The Balaban J connectivity index is 0.888. The van der Waals surface area contributed by atoms with Gasteiger partial charge in [0.05, 0.1) is 22.5 Å². The Morgan fingerprint density at radius 1 is 0.476 bits per heavy atom. The first-order valence-electron chi connectivity index (χ1n) is 21.9. The van der Waals surface area contributed by atoms with Crippen LogP contribution >= 0.6 is 0 Å². The number of hydrogen-bond acceptors (Lipinski definition) is 6. The van der Waals surface area contributed by atoms with E-state index in [2.05, 4.69) is 87.2 Å². The minimum atomic E-state index is -0.363. The van der Waals surface area contributed by atoms with Gasteiger partial charge in [0, 0.05) is 51.6 Å². The van der Waals surface area contributed by atoms with E-state index in [1.54, 1.807) is 0 Å². The summed E-state index contributed by atoms with van der Waals surface area (Å²) >= 11 is 0. The molecule has 2 aliphatic heterocycles. The molecule has 6 heteroatoms. The van der Waals surface area contributed by atoms with Gasteiger partial charge < -0.3 is 13.7 Å². The van der Waals surface area contributed by atoms with Crippen LogP contribution in [-0.4, -0.2) is 18.1 Å². The SMILES string of the molecule is CC1(C)CCN2CCC(C)(C)c3c2c1cc1cc(-c2cccc(-c4cccc(-c5ccc6cc(-c7cc8c9ccccc9c9ccccc9c8oc7=O)ccc6c5)n4)c2)c(=O)oc31. The molecule has 0 N–H and O–H groups in total. The fourth-order valence-electron chi connectivity index (χ4n) is 10.5. The van der Waals surface area contributed by atoms with Crippen LogP contribution in [0, 0.1) is 0 Å². The third-order valence-electron chi connectivity index (χ3n) is 14.0. The summed E-state index contributed by atoms with van der Waals surface area (Å²) in [6.07, 6.45) is 2.10. The number of aromatic nitrogens is 1. The first-order chi connectivity index (χ1) is 30.5. The predicted molar refractivity (Wildman–Crippen MR) is 258 cm³/mol. The van der Waals surface area contributed by atoms with Crippen molar-refractivity contribution < 1.29 is 8.83 Å². The molecule has 6 nitrogen and oxygen atoms in total. The van der Waals surface area contributed by atoms with Gasteiger partial charge in [0.2, 0.25) is 0 Å². The van der Waals surface area contributed by atoms with Crippen molar-refractivity contribution in [1.82, 2.24) is 4.98 Å². The van der Waals surface area contributed by atoms with E-state index in [-0.39, 0.29) is 22.1 Å². The molecule has 0 saturated carbocycles. The molecule has 0 amide bonds. The molecule has 0 fully saturated rings. The Morgan fingerprint density at radius 3 is 1.75 bits per heavy atom. The van der Waals surface area contributed by atoms with Crippen molar-refractivity contribution in [3.05, 3.63) is 178 Å². The molecule has 0 radical (unpaired) electrons. The van der Waals surface area contributed by atoms with Crippen molar-refractivity contribution in [2.24, 2.45) is 0 Å². The lowest BCUT2D eigenvalue weighted by molar-refractivity contribution is 0.398. The topological polar surface area (TPSA) is 76.6 Å². The molecule has 306 valence electrons. The minimum Gasteiger partial charge on any atom is -0.422 e. The van der Waals surface area contributed by atoms with E-state index in [0.717, 1.165) is 103 Å². The molecule has 5 heterocycles.